The van der Waals surface area contributed by atoms with Crippen molar-refractivity contribution in [3.8, 4) is 0 Å². The number of carboxylic acids is 2. The van der Waals surface area contributed by atoms with E-state index in [0.717, 1.165) is 38.5 Å². The molecule has 0 spiro atoms. The fraction of sp³-hybridized carbons (Fsp3) is 0.857. The van der Waals surface area contributed by atoms with Crippen LogP contribution in [-0.4, -0.2) is 112 Å². The minimum absolute atomic E-state index is 0.00411. The zero-order valence-corrected chi connectivity index (χ0v) is 29.9. The maximum atomic E-state index is 12.3. The average Bonchev–Trinajstić information content (AvgIpc) is 3.06. The lowest BCUT2D eigenvalue weighted by Gasteiger charge is -2.14. The smallest absolute Gasteiger partial charge is 0.326 e. The van der Waals surface area contributed by atoms with Crippen molar-refractivity contribution >= 4 is 29.7 Å². The number of hydrogen-bond donors (Lipinski definition) is 5. The molecule has 0 aliphatic heterocycles. The maximum absolute atomic E-state index is 12.3. The second-order valence-corrected chi connectivity index (χ2v) is 12.0. The Hall–Kier alpha value is -2.81. The molecule has 286 valence electrons. The monoisotopic (exact) mass is 703 g/mol. The van der Waals surface area contributed by atoms with Crippen molar-refractivity contribution in [2.24, 2.45) is 0 Å². The molecule has 0 radical (unpaired) electrons. The van der Waals surface area contributed by atoms with E-state index in [0.29, 0.717) is 39.4 Å². The van der Waals surface area contributed by atoms with Gasteiger partial charge in [0.2, 0.25) is 17.7 Å². The van der Waals surface area contributed by atoms with Gasteiger partial charge in [-0.25, -0.2) is 4.79 Å². The number of carboxylic acid groups (broad SMARTS) is 2. The van der Waals surface area contributed by atoms with Gasteiger partial charge in [0.15, 0.2) is 0 Å². The van der Waals surface area contributed by atoms with Crippen LogP contribution in [0.25, 0.3) is 0 Å². The summed E-state index contributed by atoms with van der Waals surface area (Å²) in [6.45, 7) is 5.18. The highest BCUT2D eigenvalue weighted by atomic mass is 16.5. The first-order valence-electron chi connectivity index (χ1n) is 18.3. The van der Waals surface area contributed by atoms with E-state index < -0.39 is 18.0 Å². The summed E-state index contributed by atoms with van der Waals surface area (Å²) in [5, 5.41) is 26.0. The van der Waals surface area contributed by atoms with Crippen molar-refractivity contribution in [1.82, 2.24) is 16.0 Å². The largest absolute Gasteiger partial charge is 0.481 e. The molecular formula is C35H65N3O11. The van der Waals surface area contributed by atoms with Crippen molar-refractivity contribution in [2.45, 2.75) is 129 Å². The van der Waals surface area contributed by atoms with E-state index in [4.69, 9.17) is 24.1 Å². The van der Waals surface area contributed by atoms with Crippen molar-refractivity contribution in [3.63, 3.8) is 0 Å². The average molecular weight is 704 g/mol. The van der Waals surface area contributed by atoms with Crippen LogP contribution in [0, 0.1) is 0 Å². The van der Waals surface area contributed by atoms with Crippen LogP contribution in [0.1, 0.15) is 122 Å². The number of amides is 3. The molecule has 14 nitrogen and oxygen atoms in total. The fourth-order valence-corrected chi connectivity index (χ4v) is 4.90. The molecule has 5 N–H and O–H groups in total. The molecule has 0 aromatic rings. The highest BCUT2D eigenvalue weighted by molar-refractivity contribution is 5.84. The number of nitrogens with one attached hydrogen (secondary N) is 3. The summed E-state index contributed by atoms with van der Waals surface area (Å²) in [6.07, 6.45) is 15.7. The molecule has 1 atom stereocenters. The molecule has 0 aromatic heterocycles. The van der Waals surface area contributed by atoms with Gasteiger partial charge >= 0.3 is 11.9 Å². The van der Waals surface area contributed by atoms with E-state index in [9.17, 15) is 29.1 Å². The van der Waals surface area contributed by atoms with Gasteiger partial charge in [-0.1, -0.05) is 77.0 Å². The lowest BCUT2D eigenvalue weighted by Crippen LogP contribution is -2.41. The highest BCUT2D eigenvalue weighted by Crippen LogP contribution is 2.14. The van der Waals surface area contributed by atoms with Crippen LogP contribution < -0.4 is 16.0 Å². The van der Waals surface area contributed by atoms with E-state index in [1.54, 1.807) is 0 Å². The molecule has 0 aliphatic rings. The topological polar surface area (TPSA) is 199 Å². The van der Waals surface area contributed by atoms with Crippen LogP contribution in [0.3, 0.4) is 0 Å². The number of hydrogen-bond acceptors (Lipinski definition) is 9. The molecule has 14 heteroatoms. The number of carbonyl (C=O) groups is 5. The van der Waals surface area contributed by atoms with Gasteiger partial charge in [-0.3, -0.25) is 19.2 Å². The SMILES string of the molecule is CCOCCOCCNC(=O)COCCOCCNC(=O)CC[C@H](NC(=O)CCCCCCCCCCCCCCCCC(=O)O)C(=O)O. The summed E-state index contributed by atoms with van der Waals surface area (Å²) in [7, 11) is 0. The Kier molecular flexibility index (Phi) is 33.0. The Bertz CT molecular complexity index is 861. The fourth-order valence-electron chi connectivity index (χ4n) is 4.90. The molecule has 0 saturated heterocycles. The normalized spacial score (nSPS) is 11.6. The minimum atomic E-state index is -1.17. The summed E-state index contributed by atoms with van der Waals surface area (Å²) in [5.41, 5.74) is 0. The molecule has 0 aliphatic carbocycles. The Morgan fingerprint density at radius 3 is 1.45 bits per heavy atom. The molecule has 0 bridgehead atoms. The van der Waals surface area contributed by atoms with Crippen molar-refractivity contribution in [2.75, 3.05) is 65.9 Å². The number of rotatable bonds is 37. The van der Waals surface area contributed by atoms with Crippen LogP contribution in [0.5, 0.6) is 0 Å². The van der Waals surface area contributed by atoms with Gasteiger partial charge in [-0.2, -0.15) is 0 Å². The zero-order chi connectivity index (χ0) is 36.2. The van der Waals surface area contributed by atoms with E-state index >= 15 is 0 Å². The second-order valence-electron chi connectivity index (χ2n) is 12.0. The van der Waals surface area contributed by atoms with Gasteiger partial charge in [0.05, 0.1) is 39.6 Å². The zero-order valence-electron chi connectivity index (χ0n) is 29.9. The molecule has 3 amide bonds. The predicted molar refractivity (Wildman–Crippen MR) is 185 cm³/mol. The number of ether oxygens (including phenoxy) is 4. The number of unbranched alkanes of at least 4 members (excludes halogenated alkanes) is 13. The van der Waals surface area contributed by atoms with Crippen LogP contribution in [-0.2, 0) is 42.9 Å². The van der Waals surface area contributed by atoms with E-state index in [-0.39, 0.29) is 76.4 Å². The third kappa shape index (κ3) is 34.8. The predicted octanol–water partition coefficient (Wildman–Crippen LogP) is 3.98. The van der Waals surface area contributed by atoms with Crippen LogP contribution >= 0.6 is 0 Å². The van der Waals surface area contributed by atoms with Crippen LogP contribution in [0.4, 0.5) is 0 Å². The van der Waals surface area contributed by atoms with Crippen molar-refractivity contribution in [1.29, 1.82) is 0 Å². The summed E-state index contributed by atoms with van der Waals surface area (Å²) in [6, 6.07) is -1.12. The summed E-state index contributed by atoms with van der Waals surface area (Å²) in [5.74, 6) is -2.77. The van der Waals surface area contributed by atoms with Gasteiger partial charge in [-0.05, 0) is 26.2 Å². The second kappa shape index (κ2) is 35.0. The van der Waals surface area contributed by atoms with Gasteiger partial charge in [-0.15, -0.1) is 0 Å². The summed E-state index contributed by atoms with van der Waals surface area (Å²) < 4.78 is 21.1. The Balaban J connectivity index is 3.66. The van der Waals surface area contributed by atoms with E-state index in [1.165, 1.54) is 44.9 Å². The summed E-state index contributed by atoms with van der Waals surface area (Å²) >= 11 is 0. The highest BCUT2D eigenvalue weighted by Gasteiger charge is 2.20. The van der Waals surface area contributed by atoms with Crippen molar-refractivity contribution < 1.29 is 53.1 Å². The van der Waals surface area contributed by atoms with Gasteiger partial charge < -0.3 is 45.1 Å². The Morgan fingerprint density at radius 2 is 0.959 bits per heavy atom. The molecule has 0 fully saturated rings. The Morgan fingerprint density at radius 1 is 0.510 bits per heavy atom. The molecular weight excluding hydrogens is 638 g/mol. The first-order chi connectivity index (χ1) is 23.8. The Labute approximate surface area is 293 Å². The third-order valence-electron chi connectivity index (χ3n) is 7.66. The third-order valence-corrected chi connectivity index (χ3v) is 7.66. The standard InChI is InChI=1S/C35H65N3O11/c1-2-46-25-26-47-24-22-37-33(41)29-49-28-27-48-23-21-36-31(39)20-19-30(35(44)45)38-32(40)17-15-13-11-9-7-5-3-4-6-8-10-12-14-16-18-34(42)43/h30H,2-29H2,1H3,(H,36,39)(H,37,41)(H,38,40)(H,42,43)(H,44,45)/t30-/m0/s1. The van der Waals surface area contributed by atoms with E-state index in [2.05, 4.69) is 16.0 Å². The van der Waals surface area contributed by atoms with Crippen LogP contribution in [0.15, 0.2) is 0 Å². The van der Waals surface area contributed by atoms with Gasteiger partial charge in [0.1, 0.15) is 12.6 Å². The first-order valence-corrected chi connectivity index (χ1v) is 18.3. The number of carbonyl (C=O) groups excluding carboxylic acids is 3. The van der Waals surface area contributed by atoms with Crippen molar-refractivity contribution in [3.05, 3.63) is 0 Å². The van der Waals surface area contributed by atoms with Crippen LogP contribution in [0.2, 0.25) is 0 Å². The summed E-state index contributed by atoms with van der Waals surface area (Å²) in [4.78, 5) is 58.1. The quantitative estimate of drug-likeness (QED) is 0.0587. The van der Waals surface area contributed by atoms with Gasteiger partial charge in [0, 0.05) is 39.0 Å². The van der Waals surface area contributed by atoms with E-state index in [1.807, 2.05) is 6.92 Å². The molecule has 49 heavy (non-hydrogen) atoms. The van der Waals surface area contributed by atoms with Gasteiger partial charge in [0.25, 0.3) is 0 Å². The lowest BCUT2D eigenvalue weighted by atomic mass is 10.0. The lowest BCUT2D eigenvalue weighted by molar-refractivity contribution is -0.142. The minimum Gasteiger partial charge on any atom is -0.481 e. The first kappa shape index (κ1) is 46.2. The molecule has 0 heterocycles. The number of aliphatic carboxylic acids is 2. The molecule has 0 aromatic carbocycles. The molecule has 0 rings (SSSR count). The maximum Gasteiger partial charge on any atom is 0.326 e. The molecule has 0 unspecified atom stereocenters. The molecule has 0 saturated carbocycles.